The number of ether oxygens (including phenoxy) is 1. The first-order valence-corrected chi connectivity index (χ1v) is 14.7. The lowest BCUT2D eigenvalue weighted by Gasteiger charge is -2.32. The second kappa shape index (κ2) is 13.0. The highest BCUT2D eigenvalue weighted by atomic mass is 32.2. The van der Waals surface area contributed by atoms with Gasteiger partial charge in [-0.2, -0.15) is 0 Å². The fourth-order valence-electron chi connectivity index (χ4n) is 4.42. The minimum Gasteiger partial charge on any atom is -0.497 e. The van der Waals surface area contributed by atoms with Gasteiger partial charge in [-0.25, -0.2) is 8.42 Å². The maximum atomic E-state index is 14.0. The van der Waals surface area contributed by atoms with Gasteiger partial charge in [-0.1, -0.05) is 35.9 Å². The van der Waals surface area contributed by atoms with Crippen molar-refractivity contribution in [3.63, 3.8) is 0 Å². The predicted molar refractivity (Wildman–Crippen MR) is 158 cm³/mol. The van der Waals surface area contributed by atoms with Crippen molar-refractivity contribution >= 4 is 27.5 Å². The average Bonchev–Trinajstić information content (AvgIpc) is 2.89. The molecule has 3 rings (SSSR count). The van der Waals surface area contributed by atoms with Crippen molar-refractivity contribution in [3.05, 3.63) is 89.0 Å². The Morgan fingerprint density at radius 2 is 1.50 bits per heavy atom. The summed E-state index contributed by atoms with van der Waals surface area (Å²) in [5.41, 5.74) is 3.78. The molecular weight excluding hydrogens is 526 g/mol. The normalized spacial score (nSPS) is 12.1. The molecule has 0 aliphatic heterocycles. The highest BCUT2D eigenvalue weighted by Crippen LogP contribution is 2.27. The van der Waals surface area contributed by atoms with Crippen LogP contribution in [-0.4, -0.2) is 50.9 Å². The van der Waals surface area contributed by atoms with E-state index in [4.69, 9.17) is 4.74 Å². The van der Waals surface area contributed by atoms with Crippen LogP contribution >= 0.6 is 0 Å². The van der Waals surface area contributed by atoms with Crippen LogP contribution in [0, 0.1) is 20.8 Å². The molecule has 8 nitrogen and oxygen atoms in total. The van der Waals surface area contributed by atoms with E-state index in [9.17, 15) is 18.0 Å². The van der Waals surface area contributed by atoms with Crippen LogP contribution in [0.1, 0.15) is 43.0 Å². The molecule has 1 N–H and O–H groups in total. The van der Waals surface area contributed by atoms with Crippen molar-refractivity contribution in [2.75, 3.05) is 18.0 Å². The lowest BCUT2D eigenvalue weighted by Crippen LogP contribution is -2.52. The van der Waals surface area contributed by atoms with Crippen molar-refractivity contribution in [2.24, 2.45) is 0 Å². The Kier molecular flexibility index (Phi) is 9.98. The first kappa shape index (κ1) is 30.7. The summed E-state index contributed by atoms with van der Waals surface area (Å²) in [5.74, 6) is -0.224. The van der Waals surface area contributed by atoms with E-state index in [1.165, 1.54) is 17.0 Å². The first-order valence-electron chi connectivity index (χ1n) is 13.2. The molecule has 0 spiro atoms. The van der Waals surface area contributed by atoms with Gasteiger partial charge < -0.3 is 15.0 Å². The number of nitrogens with zero attached hydrogens (tertiary/aromatic N) is 2. The standard InChI is InChI=1S/C31H39N3O5S/c1-21(2)32-31(36)25(6)33(19-26-9-8-10-28(18-26)39-7)30(35)20-34(27-16-23(4)15-24(5)17-27)40(37,38)29-13-11-22(3)12-14-29/h8-18,21,25H,19-20H2,1-7H3,(H,32,36). The molecule has 0 radical (unpaired) electrons. The summed E-state index contributed by atoms with van der Waals surface area (Å²) in [6.07, 6.45) is 0. The van der Waals surface area contributed by atoms with Crippen LogP contribution in [0.2, 0.25) is 0 Å². The number of carbonyl (C=O) groups excluding carboxylic acids is 2. The molecule has 0 bridgehead atoms. The molecule has 9 heteroatoms. The minimum atomic E-state index is -4.12. The predicted octanol–water partition coefficient (Wildman–Crippen LogP) is 4.76. The van der Waals surface area contributed by atoms with Crippen LogP contribution in [0.15, 0.2) is 71.6 Å². The third-order valence-electron chi connectivity index (χ3n) is 6.47. The topological polar surface area (TPSA) is 96.0 Å². The molecule has 0 aliphatic carbocycles. The summed E-state index contributed by atoms with van der Waals surface area (Å²) < 4.78 is 34.4. The van der Waals surface area contributed by atoms with E-state index in [-0.39, 0.29) is 23.4 Å². The quantitative estimate of drug-likeness (QED) is 0.362. The molecule has 2 amide bonds. The molecule has 3 aromatic rings. The van der Waals surface area contributed by atoms with Gasteiger partial charge in [0.15, 0.2) is 0 Å². The number of rotatable bonds is 11. The SMILES string of the molecule is COc1cccc(CN(C(=O)CN(c2cc(C)cc(C)c2)S(=O)(=O)c2ccc(C)cc2)C(C)C(=O)NC(C)C)c1. The number of methoxy groups -OCH3 is 1. The molecule has 0 aliphatic rings. The molecule has 40 heavy (non-hydrogen) atoms. The van der Waals surface area contributed by atoms with Gasteiger partial charge in [0.25, 0.3) is 10.0 Å². The second-order valence-corrected chi connectivity index (χ2v) is 12.2. The van der Waals surface area contributed by atoms with E-state index in [1.807, 2.05) is 46.8 Å². The van der Waals surface area contributed by atoms with Crippen molar-refractivity contribution in [1.82, 2.24) is 10.2 Å². The van der Waals surface area contributed by atoms with E-state index >= 15 is 0 Å². The number of amides is 2. The molecular formula is C31H39N3O5S. The molecule has 0 fully saturated rings. The Morgan fingerprint density at radius 1 is 0.875 bits per heavy atom. The Bertz CT molecular complexity index is 1430. The fourth-order valence-corrected chi connectivity index (χ4v) is 5.81. The summed E-state index contributed by atoms with van der Waals surface area (Å²) in [7, 11) is -2.56. The van der Waals surface area contributed by atoms with E-state index in [0.29, 0.717) is 11.4 Å². The van der Waals surface area contributed by atoms with Crippen LogP contribution in [-0.2, 0) is 26.2 Å². The fraction of sp³-hybridized carbons (Fsp3) is 0.355. The molecule has 0 saturated heterocycles. The van der Waals surface area contributed by atoms with Crippen molar-refractivity contribution in [2.45, 2.75) is 65.1 Å². The van der Waals surface area contributed by atoms with Gasteiger partial charge in [0.05, 0.1) is 17.7 Å². The minimum absolute atomic E-state index is 0.0787. The highest BCUT2D eigenvalue weighted by molar-refractivity contribution is 7.92. The van der Waals surface area contributed by atoms with Gasteiger partial charge in [0, 0.05) is 12.6 Å². The van der Waals surface area contributed by atoms with Crippen LogP contribution in [0.25, 0.3) is 0 Å². The zero-order chi connectivity index (χ0) is 29.6. The lowest BCUT2D eigenvalue weighted by molar-refractivity contribution is -0.139. The zero-order valence-corrected chi connectivity index (χ0v) is 25.1. The number of hydrogen-bond acceptors (Lipinski definition) is 5. The van der Waals surface area contributed by atoms with Crippen molar-refractivity contribution < 1.29 is 22.7 Å². The maximum absolute atomic E-state index is 14.0. The van der Waals surface area contributed by atoms with Crippen LogP contribution < -0.4 is 14.4 Å². The molecule has 1 unspecified atom stereocenters. The van der Waals surface area contributed by atoms with E-state index < -0.39 is 28.5 Å². The summed E-state index contributed by atoms with van der Waals surface area (Å²) >= 11 is 0. The summed E-state index contributed by atoms with van der Waals surface area (Å²) in [4.78, 5) is 28.6. The lowest BCUT2D eigenvalue weighted by atomic mass is 10.1. The Balaban J connectivity index is 2.07. The average molecular weight is 566 g/mol. The third-order valence-corrected chi connectivity index (χ3v) is 8.26. The number of benzene rings is 3. The van der Waals surface area contributed by atoms with Gasteiger partial charge in [0.2, 0.25) is 11.8 Å². The van der Waals surface area contributed by atoms with Gasteiger partial charge in [-0.3, -0.25) is 13.9 Å². The van der Waals surface area contributed by atoms with E-state index in [0.717, 1.165) is 26.6 Å². The van der Waals surface area contributed by atoms with Gasteiger partial charge in [-0.05, 0) is 94.6 Å². The molecule has 0 heterocycles. The summed E-state index contributed by atoms with van der Waals surface area (Å²) in [6.45, 7) is 10.6. The highest BCUT2D eigenvalue weighted by Gasteiger charge is 2.33. The van der Waals surface area contributed by atoms with E-state index in [1.54, 1.807) is 56.5 Å². The Morgan fingerprint density at radius 3 is 2.08 bits per heavy atom. The second-order valence-electron chi connectivity index (χ2n) is 10.4. The van der Waals surface area contributed by atoms with Crippen LogP contribution in [0.3, 0.4) is 0 Å². The zero-order valence-electron chi connectivity index (χ0n) is 24.3. The van der Waals surface area contributed by atoms with Gasteiger partial charge in [0.1, 0.15) is 18.3 Å². The largest absolute Gasteiger partial charge is 0.497 e. The summed E-state index contributed by atoms with van der Waals surface area (Å²) in [6, 6.07) is 18.2. The Hall–Kier alpha value is -3.85. The number of aryl methyl sites for hydroxylation is 3. The molecule has 0 aromatic heterocycles. The first-order chi connectivity index (χ1) is 18.8. The van der Waals surface area contributed by atoms with Crippen molar-refractivity contribution in [1.29, 1.82) is 0 Å². The molecule has 214 valence electrons. The van der Waals surface area contributed by atoms with Crippen LogP contribution in [0.4, 0.5) is 5.69 Å². The molecule has 0 saturated carbocycles. The van der Waals surface area contributed by atoms with Gasteiger partial charge in [-0.15, -0.1) is 0 Å². The van der Waals surface area contributed by atoms with E-state index in [2.05, 4.69) is 5.32 Å². The number of sulfonamides is 1. The molecule has 1 atom stereocenters. The van der Waals surface area contributed by atoms with Crippen LogP contribution in [0.5, 0.6) is 5.75 Å². The van der Waals surface area contributed by atoms with Crippen molar-refractivity contribution in [3.8, 4) is 5.75 Å². The smallest absolute Gasteiger partial charge is 0.264 e. The number of anilines is 1. The summed E-state index contributed by atoms with van der Waals surface area (Å²) in [5, 5.41) is 2.86. The Labute approximate surface area is 238 Å². The number of hydrogen-bond donors (Lipinski definition) is 1. The third kappa shape index (κ3) is 7.63. The maximum Gasteiger partial charge on any atom is 0.264 e. The monoisotopic (exact) mass is 565 g/mol. The molecule has 3 aromatic carbocycles. The number of nitrogens with one attached hydrogen (secondary N) is 1. The number of carbonyl (C=O) groups is 2. The van der Waals surface area contributed by atoms with Gasteiger partial charge >= 0.3 is 0 Å².